The molecule has 2 aromatic carbocycles. The molecule has 0 radical (unpaired) electrons. The van der Waals surface area contributed by atoms with Crippen LogP contribution in [-0.2, 0) is 0 Å². The SMILES string of the molecule is C(=Nc1ccccc1)c1ccccc1.O. The summed E-state index contributed by atoms with van der Waals surface area (Å²) in [4.78, 5) is 4.35. The van der Waals surface area contributed by atoms with Crippen molar-refractivity contribution in [1.82, 2.24) is 0 Å². The van der Waals surface area contributed by atoms with Crippen molar-refractivity contribution in [2.24, 2.45) is 4.99 Å². The Kier molecular flexibility index (Phi) is 4.26. The van der Waals surface area contributed by atoms with E-state index in [9.17, 15) is 0 Å². The summed E-state index contributed by atoms with van der Waals surface area (Å²) in [5.41, 5.74) is 2.10. The first kappa shape index (κ1) is 11.1. The van der Waals surface area contributed by atoms with E-state index in [4.69, 9.17) is 0 Å². The first-order valence-corrected chi connectivity index (χ1v) is 4.59. The van der Waals surface area contributed by atoms with Gasteiger partial charge < -0.3 is 5.48 Å². The third kappa shape index (κ3) is 3.37. The van der Waals surface area contributed by atoms with Crippen LogP contribution >= 0.6 is 0 Å². The fraction of sp³-hybridized carbons (Fsp3) is 0. The van der Waals surface area contributed by atoms with Crippen molar-refractivity contribution < 1.29 is 5.48 Å². The highest BCUT2D eigenvalue weighted by atomic mass is 16.0. The lowest BCUT2D eigenvalue weighted by Crippen LogP contribution is -1.77. The third-order valence-corrected chi connectivity index (χ3v) is 1.92. The van der Waals surface area contributed by atoms with Gasteiger partial charge in [-0.15, -0.1) is 0 Å². The van der Waals surface area contributed by atoms with E-state index in [2.05, 4.69) is 4.99 Å². The number of aliphatic imine (C=N–C) groups is 1. The summed E-state index contributed by atoms with van der Waals surface area (Å²) in [6.07, 6.45) is 1.87. The lowest BCUT2D eigenvalue weighted by Gasteiger charge is -1.92. The number of para-hydroxylation sites is 1. The van der Waals surface area contributed by atoms with Gasteiger partial charge in [0.2, 0.25) is 0 Å². The van der Waals surface area contributed by atoms with E-state index in [0.717, 1.165) is 11.3 Å². The molecule has 0 aliphatic heterocycles. The molecule has 0 spiro atoms. The van der Waals surface area contributed by atoms with E-state index in [0.29, 0.717) is 0 Å². The highest BCUT2D eigenvalue weighted by Crippen LogP contribution is 2.09. The van der Waals surface area contributed by atoms with Gasteiger partial charge in [-0.25, -0.2) is 0 Å². The van der Waals surface area contributed by atoms with Crippen LogP contribution in [0.15, 0.2) is 65.7 Å². The summed E-state index contributed by atoms with van der Waals surface area (Å²) < 4.78 is 0. The predicted octanol–water partition coefficient (Wildman–Crippen LogP) is 2.61. The molecule has 0 heterocycles. The van der Waals surface area contributed by atoms with E-state index >= 15 is 0 Å². The van der Waals surface area contributed by atoms with Gasteiger partial charge in [0.25, 0.3) is 0 Å². The Morgan fingerprint density at radius 1 is 0.733 bits per heavy atom. The minimum atomic E-state index is 0. The monoisotopic (exact) mass is 199 g/mol. The van der Waals surface area contributed by atoms with Crippen LogP contribution in [0.1, 0.15) is 5.56 Å². The van der Waals surface area contributed by atoms with Crippen molar-refractivity contribution in [3.63, 3.8) is 0 Å². The maximum absolute atomic E-state index is 4.35. The number of hydrogen-bond acceptors (Lipinski definition) is 1. The van der Waals surface area contributed by atoms with Crippen molar-refractivity contribution in [2.75, 3.05) is 0 Å². The fourth-order valence-corrected chi connectivity index (χ4v) is 1.20. The molecule has 2 heteroatoms. The van der Waals surface area contributed by atoms with Crippen LogP contribution in [-0.4, -0.2) is 11.7 Å². The van der Waals surface area contributed by atoms with Crippen LogP contribution in [0.4, 0.5) is 5.69 Å². The molecule has 0 saturated heterocycles. The first-order valence-electron chi connectivity index (χ1n) is 4.59. The van der Waals surface area contributed by atoms with Crippen molar-refractivity contribution >= 4 is 11.9 Å². The fourth-order valence-electron chi connectivity index (χ4n) is 1.20. The van der Waals surface area contributed by atoms with Gasteiger partial charge in [-0.05, 0) is 17.7 Å². The molecule has 0 fully saturated rings. The molecule has 2 rings (SSSR count). The van der Waals surface area contributed by atoms with Gasteiger partial charge in [0.1, 0.15) is 0 Å². The number of nitrogens with zero attached hydrogens (tertiary/aromatic N) is 1. The quantitative estimate of drug-likeness (QED) is 0.667. The van der Waals surface area contributed by atoms with Crippen molar-refractivity contribution in [1.29, 1.82) is 0 Å². The first-order chi connectivity index (χ1) is 6.95. The Bertz CT molecular complexity index is 368. The van der Waals surface area contributed by atoms with Gasteiger partial charge in [-0.1, -0.05) is 48.5 Å². The summed E-state index contributed by atoms with van der Waals surface area (Å²) in [5, 5.41) is 0. The van der Waals surface area contributed by atoms with Crippen LogP contribution in [0.5, 0.6) is 0 Å². The number of rotatable bonds is 2. The van der Waals surface area contributed by atoms with Gasteiger partial charge in [0.15, 0.2) is 0 Å². The Morgan fingerprint density at radius 2 is 1.27 bits per heavy atom. The largest absolute Gasteiger partial charge is 0.412 e. The van der Waals surface area contributed by atoms with E-state index < -0.39 is 0 Å². The lowest BCUT2D eigenvalue weighted by atomic mass is 10.2. The second-order valence-corrected chi connectivity index (χ2v) is 3.00. The molecule has 0 unspecified atom stereocenters. The van der Waals surface area contributed by atoms with E-state index in [-0.39, 0.29) is 5.48 Å². The van der Waals surface area contributed by atoms with Crippen molar-refractivity contribution in [3.8, 4) is 0 Å². The second kappa shape index (κ2) is 5.73. The van der Waals surface area contributed by atoms with E-state index in [1.54, 1.807) is 0 Å². The molecule has 2 N–H and O–H groups in total. The average molecular weight is 199 g/mol. The van der Waals surface area contributed by atoms with Gasteiger partial charge in [-0.2, -0.15) is 0 Å². The van der Waals surface area contributed by atoms with Gasteiger partial charge in [-0.3, -0.25) is 4.99 Å². The zero-order chi connectivity index (χ0) is 9.64. The summed E-state index contributed by atoms with van der Waals surface area (Å²) in [5.74, 6) is 0. The summed E-state index contributed by atoms with van der Waals surface area (Å²) in [7, 11) is 0. The second-order valence-electron chi connectivity index (χ2n) is 3.00. The van der Waals surface area contributed by atoms with Crippen molar-refractivity contribution in [2.45, 2.75) is 0 Å². The highest BCUT2D eigenvalue weighted by molar-refractivity contribution is 5.81. The summed E-state index contributed by atoms with van der Waals surface area (Å²) >= 11 is 0. The maximum atomic E-state index is 4.35. The lowest BCUT2D eigenvalue weighted by molar-refractivity contribution is 0.824. The molecule has 0 aliphatic carbocycles. The van der Waals surface area contributed by atoms with Gasteiger partial charge >= 0.3 is 0 Å². The molecule has 0 saturated carbocycles. The molecular weight excluding hydrogens is 186 g/mol. The predicted molar refractivity (Wildman–Crippen MR) is 63.8 cm³/mol. The van der Waals surface area contributed by atoms with Crippen molar-refractivity contribution in [3.05, 3.63) is 66.2 Å². The van der Waals surface area contributed by atoms with E-state index in [1.165, 1.54) is 0 Å². The van der Waals surface area contributed by atoms with Gasteiger partial charge in [0.05, 0.1) is 5.69 Å². The van der Waals surface area contributed by atoms with Crippen LogP contribution in [0.2, 0.25) is 0 Å². The molecule has 0 aliphatic rings. The summed E-state index contributed by atoms with van der Waals surface area (Å²) in [6, 6.07) is 20.0. The minimum Gasteiger partial charge on any atom is -0.412 e. The molecule has 0 amide bonds. The Morgan fingerprint density at radius 3 is 1.87 bits per heavy atom. The highest BCUT2D eigenvalue weighted by Gasteiger charge is 1.85. The molecule has 0 atom stereocenters. The zero-order valence-electron chi connectivity index (χ0n) is 8.30. The standard InChI is InChI=1S/C13H11N.H2O/c1-3-7-12(8-4-1)11-14-13-9-5-2-6-10-13;/h1-11H;1H2. The Labute approximate surface area is 89.2 Å². The average Bonchev–Trinajstić information content (AvgIpc) is 2.29. The van der Waals surface area contributed by atoms with Crippen LogP contribution in [0, 0.1) is 0 Å². The molecule has 76 valence electrons. The third-order valence-electron chi connectivity index (χ3n) is 1.92. The smallest absolute Gasteiger partial charge is 0.0629 e. The topological polar surface area (TPSA) is 43.9 Å². The van der Waals surface area contributed by atoms with Crippen LogP contribution in [0.3, 0.4) is 0 Å². The molecular formula is C13H13NO. The number of hydrogen-bond donors (Lipinski definition) is 0. The van der Waals surface area contributed by atoms with E-state index in [1.807, 2.05) is 66.9 Å². The minimum absolute atomic E-state index is 0. The molecule has 15 heavy (non-hydrogen) atoms. The molecule has 2 aromatic rings. The molecule has 0 aromatic heterocycles. The normalized spacial score (nSPS) is 9.87. The van der Waals surface area contributed by atoms with Crippen LogP contribution < -0.4 is 0 Å². The van der Waals surface area contributed by atoms with Gasteiger partial charge in [0, 0.05) is 6.21 Å². The zero-order valence-corrected chi connectivity index (χ0v) is 8.30. The number of benzene rings is 2. The maximum Gasteiger partial charge on any atom is 0.0629 e. The Hall–Kier alpha value is -1.93. The summed E-state index contributed by atoms with van der Waals surface area (Å²) in [6.45, 7) is 0. The molecule has 0 bridgehead atoms. The Balaban J connectivity index is 0.00000112. The van der Waals surface area contributed by atoms with Crippen LogP contribution in [0.25, 0.3) is 0 Å². The molecule has 2 nitrogen and oxygen atoms in total.